The fraction of sp³-hybridized carbons (Fsp3) is 0.105. The number of rotatable bonds is 5. The van der Waals surface area contributed by atoms with Gasteiger partial charge >= 0.3 is 0 Å². The molecule has 1 aliphatic heterocycles. The second kappa shape index (κ2) is 11.1. The van der Waals surface area contributed by atoms with E-state index in [4.69, 9.17) is 11.3 Å². The molecule has 4 aromatic carbocycles. The van der Waals surface area contributed by atoms with Crippen molar-refractivity contribution in [2.24, 2.45) is 0 Å². The minimum Gasteiger partial charge on any atom is -0.478 e. The summed E-state index contributed by atoms with van der Waals surface area (Å²) in [5, 5.41) is 11.0. The van der Waals surface area contributed by atoms with E-state index in [1.165, 1.54) is 16.6 Å². The average molecular weight is 544 g/mol. The highest BCUT2D eigenvalue weighted by Gasteiger charge is 2.40. The van der Waals surface area contributed by atoms with Gasteiger partial charge in [-0.2, -0.15) is 0 Å². The molecule has 0 unspecified atom stereocenters. The van der Waals surface area contributed by atoms with Gasteiger partial charge in [-0.25, -0.2) is 10.1 Å². The number of allylic oxidation sites excluding steroid dienone is 3. The number of benzene rings is 4. The summed E-state index contributed by atoms with van der Waals surface area (Å²) in [6.45, 7) is 12.0. The molecule has 0 atom stereocenters. The second-order valence-electron chi connectivity index (χ2n) is 10.5. The molecule has 4 heteroatoms. The Morgan fingerprint density at radius 1 is 0.881 bits per heavy atom. The van der Waals surface area contributed by atoms with Crippen molar-refractivity contribution in [2.45, 2.75) is 25.9 Å². The Kier molecular flexibility index (Phi) is 7.05. The standard InChI is InChI=1S/C38H29N3O/c1-27-28(2)41(33-17-11-6-12-18-33)37-22-20-29(23-35(27)37)19-21-34-24-30(36(26-39)40-3)25-38(42-34,31-13-7-4-8-14-31)32-15-9-5-10-16-32/h4-24H,25H2,1-2H3. The smallest absolute Gasteiger partial charge is 0.265 e. The van der Waals surface area contributed by atoms with Crippen LogP contribution in [0.4, 0.5) is 0 Å². The van der Waals surface area contributed by atoms with Gasteiger partial charge in [0.05, 0.1) is 18.2 Å². The molecule has 5 aromatic rings. The molecule has 6 rings (SSSR count). The highest BCUT2D eigenvalue weighted by atomic mass is 16.5. The molecule has 0 fully saturated rings. The molecule has 202 valence electrons. The Hall–Kier alpha value is -5.58. The first-order valence-corrected chi connectivity index (χ1v) is 13.9. The van der Waals surface area contributed by atoms with Crippen molar-refractivity contribution < 1.29 is 4.74 Å². The molecule has 4 nitrogen and oxygen atoms in total. The molecule has 0 aliphatic carbocycles. The third-order valence-corrected chi connectivity index (χ3v) is 8.05. The average Bonchev–Trinajstić information content (AvgIpc) is 3.30. The van der Waals surface area contributed by atoms with Crippen LogP contribution >= 0.6 is 0 Å². The molecule has 0 saturated heterocycles. The van der Waals surface area contributed by atoms with E-state index in [-0.39, 0.29) is 5.70 Å². The third kappa shape index (κ3) is 4.70. The molecule has 0 radical (unpaired) electrons. The van der Waals surface area contributed by atoms with Gasteiger partial charge in [0.15, 0.2) is 5.60 Å². The lowest BCUT2D eigenvalue weighted by Crippen LogP contribution is -2.34. The molecule has 0 spiro atoms. The van der Waals surface area contributed by atoms with Gasteiger partial charge in [-0.1, -0.05) is 91.0 Å². The van der Waals surface area contributed by atoms with Crippen LogP contribution in [0.25, 0.3) is 27.5 Å². The van der Waals surface area contributed by atoms with Gasteiger partial charge in [-0.05, 0) is 67.0 Å². The van der Waals surface area contributed by atoms with Gasteiger partial charge in [-0.3, -0.25) is 0 Å². The number of hydrogen-bond donors (Lipinski definition) is 0. The van der Waals surface area contributed by atoms with Crippen LogP contribution < -0.4 is 0 Å². The van der Waals surface area contributed by atoms with Gasteiger partial charge in [0.25, 0.3) is 5.70 Å². The molecule has 0 N–H and O–H groups in total. The summed E-state index contributed by atoms with van der Waals surface area (Å²) >= 11 is 0. The highest BCUT2D eigenvalue weighted by molar-refractivity contribution is 5.89. The van der Waals surface area contributed by atoms with E-state index in [1.807, 2.05) is 85.0 Å². The predicted octanol–water partition coefficient (Wildman–Crippen LogP) is 9.21. The van der Waals surface area contributed by atoms with Crippen LogP contribution in [-0.2, 0) is 10.3 Å². The van der Waals surface area contributed by atoms with Gasteiger partial charge in [0, 0.05) is 34.3 Å². The van der Waals surface area contributed by atoms with Crippen molar-refractivity contribution >= 4 is 17.0 Å². The zero-order chi connectivity index (χ0) is 29.1. The first-order chi connectivity index (χ1) is 20.5. The molecular formula is C38H29N3O. The maximum atomic E-state index is 9.81. The molecule has 1 aromatic heterocycles. The van der Waals surface area contributed by atoms with E-state index in [9.17, 15) is 5.26 Å². The van der Waals surface area contributed by atoms with Crippen molar-refractivity contribution in [3.63, 3.8) is 0 Å². The van der Waals surface area contributed by atoms with Crippen LogP contribution in [-0.4, -0.2) is 4.57 Å². The van der Waals surface area contributed by atoms with E-state index < -0.39 is 5.60 Å². The van der Waals surface area contributed by atoms with Crippen LogP contribution in [0.2, 0.25) is 0 Å². The molecular weight excluding hydrogens is 514 g/mol. The lowest BCUT2D eigenvalue weighted by Gasteiger charge is -2.39. The van der Waals surface area contributed by atoms with E-state index in [2.05, 4.69) is 71.8 Å². The SMILES string of the molecule is [C-]#[N+]C(C#N)=C1C=C(C=Cc2ccc3c(c2)c(C)c(C)n3-c2ccccc2)OC(c2ccccc2)(c2ccccc2)C1. The van der Waals surface area contributed by atoms with Crippen molar-refractivity contribution in [3.8, 4) is 11.8 Å². The minimum atomic E-state index is -0.885. The summed E-state index contributed by atoms with van der Waals surface area (Å²) in [4.78, 5) is 3.56. The molecule has 2 heterocycles. The predicted molar refractivity (Wildman–Crippen MR) is 168 cm³/mol. The van der Waals surface area contributed by atoms with E-state index in [1.54, 1.807) is 0 Å². The van der Waals surface area contributed by atoms with Crippen LogP contribution in [0, 0.1) is 31.8 Å². The summed E-state index contributed by atoms with van der Waals surface area (Å²) < 4.78 is 9.15. The summed E-state index contributed by atoms with van der Waals surface area (Å²) in [7, 11) is 0. The summed E-state index contributed by atoms with van der Waals surface area (Å²) in [5.74, 6) is 0.593. The number of aromatic nitrogens is 1. The normalized spacial score (nSPS) is 15.5. The molecule has 42 heavy (non-hydrogen) atoms. The lowest BCUT2D eigenvalue weighted by molar-refractivity contribution is 0.0348. The fourth-order valence-corrected chi connectivity index (χ4v) is 5.85. The number of nitriles is 1. The number of para-hydroxylation sites is 1. The monoisotopic (exact) mass is 543 g/mol. The van der Waals surface area contributed by atoms with Crippen LogP contribution in [0.3, 0.4) is 0 Å². The van der Waals surface area contributed by atoms with Gasteiger partial charge < -0.3 is 9.30 Å². The fourth-order valence-electron chi connectivity index (χ4n) is 5.85. The number of ether oxygens (including phenoxy) is 1. The molecule has 0 bridgehead atoms. The Balaban J connectivity index is 1.45. The van der Waals surface area contributed by atoms with Crippen molar-refractivity contribution in [1.82, 2.24) is 4.57 Å². The zero-order valence-corrected chi connectivity index (χ0v) is 23.6. The first kappa shape index (κ1) is 26.6. The minimum absolute atomic E-state index is 0.0789. The Labute approximate surface area is 246 Å². The summed E-state index contributed by atoms with van der Waals surface area (Å²) in [5.41, 5.74) is 7.57. The zero-order valence-electron chi connectivity index (χ0n) is 23.6. The van der Waals surface area contributed by atoms with Crippen molar-refractivity contribution in [2.75, 3.05) is 0 Å². The number of aryl methyl sites for hydroxylation is 1. The molecule has 1 aliphatic rings. The van der Waals surface area contributed by atoms with Crippen molar-refractivity contribution in [3.05, 3.63) is 178 Å². The molecule has 0 amide bonds. The maximum absolute atomic E-state index is 9.81. The van der Waals surface area contributed by atoms with Crippen LogP contribution in [0.15, 0.2) is 138 Å². The Morgan fingerprint density at radius 2 is 1.50 bits per heavy atom. The van der Waals surface area contributed by atoms with Gasteiger partial charge in [0.1, 0.15) is 5.76 Å². The number of hydrogen-bond acceptors (Lipinski definition) is 2. The lowest BCUT2D eigenvalue weighted by atomic mass is 9.79. The Morgan fingerprint density at radius 3 is 2.10 bits per heavy atom. The summed E-state index contributed by atoms with van der Waals surface area (Å²) in [6, 6.07) is 39.0. The van der Waals surface area contributed by atoms with E-state index >= 15 is 0 Å². The van der Waals surface area contributed by atoms with Gasteiger partial charge in [-0.15, -0.1) is 0 Å². The van der Waals surface area contributed by atoms with Crippen LogP contribution in [0.1, 0.15) is 34.4 Å². The van der Waals surface area contributed by atoms with Gasteiger partial charge in [0.2, 0.25) is 0 Å². The molecule has 0 saturated carbocycles. The maximum Gasteiger partial charge on any atom is 0.265 e. The van der Waals surface area contributed by atoms with E-state index in [0.717, 1.165) is 27.9 Å². The summed E-state index contributed by atoms with van der Waals surface area (Å²) in [6.07, 6.45) is 6.18. The number of fused-ring (bicyclic) bond motifs is 1. The topological polar surface area (TPSA) is 42.3 Å². The van der Waals surface area contributed by atoms with Crippen LogP contribution in [0.5, 0.6) is 0 Å². The van der Waals surface area contributed by atoms with Crippen molar-refractivity contribution in [1.29, 1.82) is 5.26 Å². The van der Waals surface area contributed by atoms with E-state index in [0.29, 0.717) is 17.8 Å². The third-order valence-electron chi connectivity index (χ3n) is 8.05. The number of nitrogens with zero attached hydrogens (tertiary/aromatic N) is 3. The Bertz CT molecular complexity index is 1890. The quantitative estimate of drug-likeness (QED) is 0.164. The second-order valence-corrected chi connectivity index (χ2v) is 10.5. The largest absolute Gasteiger partial charge is 0.478 e. The first-order valence-electron chi connectivity index (χ1n) is 13.9. The highest BCUT2D eigenvalue weighted by Crippen LogP contribution is 2.45.